The van der Waals surface area contributed by atoms with Crippen LogP contribution in [0.2, 0.25) is 5.15 Å². The molecule has 2 heterocycles. The molecule has 0 fully saturated rings. The SMILES string of the molecule is Cc1nn(C)c(Cl)c1C(O)c1c(Br)nnn1C. The van der Waals surface area contributed by atoms with Gasteiger partial charge in [0.15, 0.2) is 4.60 Å². The second kappa shape index (κ2) is 4.40. The fourth-order valence-corrected chi connectivity index (χ4v) is 2.55. The zero-order valence-corrected chi connectivity index (χ0v) is 11.9. The van der Waals surface area contributed by atoms with Crippen molar-refractivity contribution in [1.29, 1.82) is 0 Å². The molecule has 0 aromatic carbocycles. The highest BCUT2D eigenvalue weighted by Crippen LogP contribution is 2.32. The molecule has 0 saturated carbocycles. The number of nitrogens with zero attached hydrogens (tertiary/aromatic N) is 5. The van der Waals surface area contributed by atoms with Gasteiger partial charge in [-0.2, -0.15) is 5.10 Å². The zero-order chi connectivity index (χ0) is 12.7. The van der Waals surface area contributed by atoms with Gasteiger partial charge >= 0.3 is 0 Å². The van der Waals surface area contributed by atoms with Crippen molar-refractivity contribution in [3.8, 4) is 0 Å². The van der Waals surface area contributed by atoms with Gasteiger partial charge in [-0.1, -0.05) is 16.8 Å². The number of halogens is 2. The third kappa shape index (κ3) is 1.98. The van der Waals surface area contributed by atoms with E-state index in [1.807, 2.05) is 0 Å². The average molecular weight is 321 g/mol. The van der Waals surface area contributed by atoms with Crippen LogP contribution in [0.3, 0.4) is 0 Å². The molecule has 0 radical (unpaired) electrons. The predicted octanol–water partition coefficient (Wildman–Crippen LogP) is 1.35. The monoisotopic (exact) mass is 319 g/mol. The van der Waals surface area contributed by atoms with E-state index in [9.17, 15) is 5.11 Å². The zero-order valence-electron chi connectivity index (χ0n) is 9.52. The van der Waals surface area contributed by atoms with Crippen LogP contribution in [0.4, 0.5) is 0 Å². The molecule has 1 unspecified atom stereocenters. The molecule has 8 heteroatoms. The molecule has 92 valence electrons. The third-order valence-corrected chi connectivity index (χ3v) is 3.57. The van der Waals surface area contributed by atoms with E-state index in [-0.39, 0.29) is 0 Å². The fourth-order valence-electron chi connectivity index (χ4n) is 1.72. The summed E-state index contributed by atoms with van der Waals surface area (Å²) in [5.74, 6) is 0. The fraction of sp³-hybridized carbons (Fsp3) is 0.444. The molecule has 0 amide bonds. The number of aliphatic hydroxyl groups excluding tert-OH is 1. The number of aliphatic hydroxyl groups is 1. The molecule has 17 heavy (non-hydrogen) atoms. The maximum Gasteiger partial charge on any atom is 0.154 e. The Kier molecular flexibility index (Phi) is 3.24. The molecule has 0 aliphatic rings. The topological polar surface area (TPSA) is 68.8 Å². The summed E-state index contributed by atoms with van der Waals surface area (Å²) in [5, 5.41) is 22.6. The van der Waals surface area contributed by atoms with Gasteiger partial charge in [-0.25, -0.2) is 4.68 Å². The van der Waals surface area contributed by atoms with Crippen LogP contribution in [-0.4, -0.2) is 29.9 Å². The van der Waals surface area contributed by atoms with Gasteiger partial charge in [-0.15, -0.1) is 5.10 Å². The quantitative estimate of drug-likeness (QED) is 0.907. The van der Waals surface area contributed by atoms with Crippen LogP contribution >= 0.6 is 27.5 Å². The maximum atomic E-state index is 10.3. The molecule has 1 N–H and O–H groups in total. The number of aryl methyl sites for hydroxylation is 3. The minimum atomic E-state index is -0.912. The number of rotatable bonds is 2. The summed E-state index contributed by atoms with van der Waals surface area (Å²) in [5.41, 5.74) is 1.79. The Hall–Kier alpha value is -0.920. The molecular weight excluding hydrogens is 309 g/mol. The Morgan fingerprint density at radius 1 is 1.35 bits per heavy atom. The van der Waals surface area contributed by atoms with Crippen molar-refractivity contribution in [2.45, 2.75) is 13.0 Å². The van der Waals surface area contributed by atoms with Crippen molar-refractivity contribution in [3.05, 3.63) is 26.7 Å². The van der Waals surface area contributed by atoms with Crippen LogP contribution in [0, 0.1) is 6.92 Å². The first-order valence-corrected chi connectivity index (χ1v) is 6.02. The van der Waals surface area contributed by atoms with E-state index in [1.165, 1.54) is 9.36 Å². The molecule has 6 nitrogen and oxygen atoms in total. The largest absolute Gasteiger partial charge is 0.382 e. The maximum absolute atomic E-state index is 10.3. The molecule has 2 rings (SSSR count). The Morgan fingerprint density at radius 2 is 2.00 bits per heavy atom. The lowest BCUT2D eigenvalue weighted by Gasteiger charge is -2.10. The van der Waals surface area contributed by atoms with Crippen LogP contribution in [0.5, 0.6) is 0 Å². The van der Waals surface area contributed by atoms with Crippen molar-refractivity contribution in [3.63, 3.8) is 0 Å². The minimum Gasteiger partial charge on any atom is -0.382 e. The van der Waals surface area contributed by atoms with Crippen LogP contribution in [0.1, 0.15) is 23.1 Å². The highest BCUT2D eigenvalue weighted by molar-refractivity contribution is 9.10. The van der Waals surface area contributed by atoms with Crippen molar-refractivity contribution >= 4 is 27.5 Å². The van der Waals surface area contributed by atoms with Crippen molar-refractivity contribution in [1.82, 2.24) is 24.8 Å². The van der Waals surface area contributed by atoms with E-state index in [2.05, 4.69) is 31.3 Å². The van der Waals surface area contributed by atoms with E-state index in [0.29, 0.717) is 26.7 Å². The van der Waals surface area contributed by atoms with Crippen molar-refractivity contribution in [2.24, 2.45) is 14.1 Å². The van der Waals surface area contributed by atoms with Gasteiger partial charge in [0.1, 0.15) is 17.0 Å². The molecule has 1 atom stereocenters. The summed E-state index contributed by atoms with van der Waals surface area (Å²) >= 11 is 9.35. The van der Waals surface area contributed by atoms with Gasteiger partial charge < -0.3 is 5.11 Å². The normalized spacial score (nSPS) is 13.1. The van der Waals surface area contributed by atoms with E-state index >= 15 is 0 Å². The van der Waals surface area contributed by atoms with Crippen molar-refractivity contribution in [2.75, 3.05) is 0 Å². The Balaban J connectivity index is 2.54. The number of hydrogen-bond acceptors (Lipinski definition) is 4. The molecule has 2 aromatic rings. The van der Waals surface area contributed by atoms with Crippen LogP contribution in [0.15, 0.2) is 4.60 Å². The molecule has 0 saturated heterocycles. The summed E-state index contributed by atoms with van der Waals surface area (Å²) < 4.78 is 3.51. The molecule has 0 bridgehead atoms. The second-order valence-corrected chi connectivity index (χ2v) is 4.81. The lowest BCUT2D eigenvalue weighted by Crippen LogP contribution is -2.08. The Bertz CT molecular complexity index is 544. The number of aromatic nitrogens is 5. The van der Waals surface area contributed by atoms with E-state index < -0.39 is 6.10 Å². The molecule has 0 aliphatic carbocycles. The lowest BCUT2D eigenvalue weighted by atomic mass is 10.1. The summed E-state index contributed by atoms with van der Waals surface area (Å²) in [6.07, 6.45) is -0.912. The average Bonchev–Trinajstić information content (AvgIpc) is 2.69. The highest BCUT2D eigenvalue weighted by atomic mass is 79.9. The third-order valence-electron chi connectivity index (χ3n) is 2.56. The second-order valence-electron chi connectivity index (χ2n) is 3.71. The Labute approximate surface area is 111 Å². The smallest absolute Gasteiger partial charge is 0.154 e. The number of hydrogen-bond donors (Lipinski definition) is 1. The van der Waals surface area contributed by atoms with Gasteiger partial charge in [0.05, 0.1) is 5.69 Å². The summed E-state index contributed by atoms with van der Waals surface area (Å²) in [6.45, 7) is 1.79. The van der Waals surface area contributed by atoms with Crippen molar-refractivity contribution < 1.29 is 5.11 Å². The summed E-state index contributed by atoms with van der Waals surface area (Å²) in [4.78, 5) is 0. The summed E-state index contributed by atoms with van der Waals surface area (Å²) in [6, 6.07) is 0. The summed E-state index contributed by atoms with van der Waals surface area (Å²) in [7, 11) is 3.43. The molecule has 0 spiro atoms. The lowest BCUT2D eigenvalue weighted by molar-refractivity contribution is 0.208. The molecule has 2 aromatic heterocycles. The first-order valence-electron chi connectivity index (χ1n) is 4.85. The van der Waals surface area contributed by atoms with Crippen LogP contribution in [0.25, 0.3) is 0 Å². The van der Waals surface area contributed by atoms with E-state index in [4.69, 9.17) is 11.6 Å². The van der Waals surface area contributed by atoms with E-state index in [0.717, 1.165) is 0 Å². The van der Waals surface area contributed by atoms with Crippen LogP contribution in [-0.2, 0) is 14.1 Å². The first-order chi connectivity index (χ1) is 7.93. The molecular formula is C9H11BrClN5O. The predicted molar refractivity (Wildman–Crippen MR) is 65.7 cm³/mol. The standard InChI is InChI=1S/C9H11BrClN5O/c1-4-5(9(11)16(3)13-4)7(17)6-8(10)12-14-15(6)2/h7,17H,1-3H3. The highest BCUT2D eigenvalue weighted by Gasteiger charge is 2.26. The van der Waals surface area contributed by atoms with Gasteiger partial charge in [0.2, 0.25) is 0 Å². The van der Waals surface area contributed by atoms with Crippen LogP contribution < -0.4 is 0 Å². The van der Waals surface area contributed by atoms with Gasteiger partial charge in [0.25, 0.3) is 0 Å². The van der Waals surface area contributed by atoms with Gasteiger partial charge in [0, 0.05) is 19.7 Å². The first kappa shape index (κ1) is 12.5. The van der Waals surface area contributed by atoms with Gasteiger partial charge in [-0.05, 0) is 22.9 Å². The van der Waals surface area contributed by atoms with E-state index in [1.54, 1.807) is 21.0 Å². The van der Waals surface area contributed by atoms with Gasteiger partial charge in [-0.3, -0.25) is 4.68 Å². The minimum absolute atomic E-state index is 0.406. The Morgan fingerprint density at radius 3 is 2.41 bits per heavy atom. The molecule has 0 aliphatic heterocycles.